The van der Waals surface area contributed by atoms with Gasteiger partial charge < -0.3 is 25.0 Å². The molecule has 0 aromatic carbocycles. The number of nitrogens with zero attached hydrogens (tertiary/aromatic N) is 6. The van der Waals surface area contributed by atoms with Gasteiger partial charge in [0.15, 0.2) is 0 Å². The normalized spacial score (nSPS) is 21.2. The van der Waals surface area contributed by atoms with Crippen LogP contribution in [0.3, 0.4) is 0 Å². The lowest BCUT2D eigenvalue weighted by Gasteiger charge is -2.40. The van der Waals surface area contributed by atoms with Gasteiger partial charge >= 0.3 is 0 Å². The molecule has 198 valence electrons. The molecule has 3 aromatic heterocycles. The van der Waals surface area contributed by atoms with E-state index in [2.05, 4.69) is 31.4 Å². The summed E-state index contributed by atoms with van der Waals surface area (Å²) in [4.78, 5) is 22.6. The molecule has 2 N–H and O–H groups in total. The highest BCUT2D eigenvalue weighted by Gasteiger charge is 2.31. The van der Waals surface area contributed by atoms with Gasteiger partial charge in [-0.1, -0.05) is 6.92 Å². The Kier molecular flexibility index (Phi) is 7.92. The first-order valence-corrected chi connectivity index (χ1v) is 14.0. The maximum atomic E-state index is 14.4. The summed E-state index contributed by atoms with van der Waals surface area (Å²) in [7, 11) is 1.54. The third-order valence-electron chi connectivity index (χ3n) is 7.21. The van der Waals surface area contributed by atoms with Gasteiger partial charge in [0.05, 0.1) is 12.6 Å². The Morgan fingerprint density at radius 3 is 2.73 bits per heavy atom. The molecule has 11 heteroatoms. The number of aromatic nitrogens is 4. The van der Waals surface area contributed by atoms with Gasteiger partial charge in [-0.05, 0) is 41.5 Å². The minimum atomic E-state index is -1.08. The molecule has 2 saturated heterocycles. The molecule has 9 nitrogen and oxygen atoms in total. The molecule has 5 heterocycles. The fraction of sp³-hybridized carbons (Fsp3) is 0.538. The van der Waals surface area contributed by atoms with Crippen molar-refractivity contribution in [2.24, 2.45) is 5.92 Å². The van der Waals surface area contributed by atoms with Crippen LogP contribution in [-0.2, 0) is 4.74 Å². The summed E-state index contributed by atoms with van der Waals surface area (Å²) in [6.45, 7) is 4.83. The predicted molar refractivity (Wildman–Crippen MR) is 147 cm³/mol. The number of ether oxygens (including phenoxy) is 1. The number of hydrogen-bond donors (Lipinski definition) is 2. The fourth-order valence-electron chi connectivity index (χ4n) is 5.07. The van der Waals surface area contributed by atoms with E-state index in [1.165, 1.54) is 0 Å². The summed E-state index contributed by atoms with van der Waals surface area (Å²) in [5.74, 6) is 4.39. The molecule has 5 rings (SSSR count). The molecule has 2 aliphatic rings. The van der Waals surface area contributed by atoms with Crippen LogP contribution in [0.1, 0.15) is 24.8 Å². The molecule has 3 unspecified atom stereocenters. The fourth-order valence-corrected chi connectivity index (χ4v) is 5.75. The summed E-state index contributed by atoms with van der Waals surface area (Å²) in [6.07, 6.45) is 6.64. The Labute approximate surface area is 220 Å². The van der Waals surface area contributed by atoms with E-state index in [4.69, 9.17) is 9.72 Å². The van der Waals surface area contributed by atoms with Crippen LogP contribution in [0, 0.1) is 5.92 Å². The lowest BCUT2D eigenvalue weighted by Crippen LogP contribution is -2.48. The van der Waals surface area contributed by atoms with Crippen molar-refractivity contribution in [3.8, 4) is 0 Å². The van der Waals surface area contributed by atoms with Crippen LogP contribution in [0.2, 0.25) is 0 Å². The lowest BCUT2D eigenvalue weighted by atomic mass is 9.96. The molecule has 2 aliphatic heterocycles. The van der Waals surface area contributed by atoms with Crippen LogP contribution in [0.4, 0.5) is 27.8 Å². The third-order valence-corrected chi connectivity index (χ3v) is 8.02. The van der Waals surface area contributed by atoms with Crippen molar-refractivity contribution in [1.29, 1.82) is 0 Å². The van der Waals surface area contributed by atoms with Crippen molar-refractivity contribution < 1.29 is 14.2 Å². The lowest BCUT2D eigenvalue weighted by molar-refractivity contribution is 0.0194. The van der Waals surface area contributed by atoms with Crippen molar-refractivity contribution in [2.75, 3.05) is 67.0 Å². The predicted octanol–water partition coefficient (Wildman–Crippen LogP) is 3.62. The zero-order valence-electron chi connectivity index (χ0n) is 21.5. The number of piperidine rings is 1. The Bertz CT molecular complexity index is 1230. The molecule has 0 aliphatic carbocycles. The van der Waals surface area contributed by atoms with Gasteiger partial charge in [-0.3, -0.25) is 0 Å². The number of alkyl halides is 1. The number of aliphatic hydroxyl groups is 1. The Morgan fingerprint density at radius 2 is 2.00 bits per heavy atom. The molecule has 37 heavy (non-hydrogen) atoms. The average Bonchev–Trinajstić information content (AvgIpc) is 2.89. The summed E-state index contributed by atoms with van der Waals surface area (Å²) in [5, 5.41) is 15.1. The van der Waals surface area contributed by atoms with Crippen LogP contribution < -0.4 is 15.1 Å². The number of aliphatic hydroxyl groups excluding tert-OH is 1. The number of halogens is 1. The standard InChI is InChI=1S/C26H34FN7O2S/c1-16(14-35)19-9-30-25(34-11-17(12-34)15-37-3)20-10-29-24(8-18(19)20)31-23-4-6-28-26(32-23)33-7-5-22(36-2)21(27)13-33/h4,6,8-10,16-17,21-22,35H,5,7,11-15H2,1-3H3,(H,28,29,31,32). The van der Waals surface area contributed by atoms with Crippen molar-refractivity contribution in [2.45, 2.75) is 31.5 Å². The molecule has 0 radical (unpaired) electrons. The monoisotopic (exact) mass is 527 g/mol. The van der Waals surface area contributed by atoms with Gasteiger partial charge in [0.25, 0.3) is 0 Å². The number of rotatable bonds is 9. The van der Waals surface area contributed by atoms with Crippen molar-refractivity contribution in [3.05, 3.63) is 36.3 Å². The zero-order chi connectivity index (χ0) is 25.9. The van der Waals surface area contributed by atoms with Gasteiger partial charge in [-0.2, -0.15) is 16.7 Å². The first-order chi connectivity index (χ1) is 18.0. The number of hydrogen-bond acceptors (Lipinski definition) is 10. The van der Waals surface area contributed by atoms with E-state index in [0.717, 1.165) is 41.0 Å². The second kappa shape index (κ2) is 11.3. The van der Waals surface area contributed by atoms with E-state index in [1.807, 2.05) is 42.0 Å². The van der Waals surface area contributed by atoms with Crippen molar-refractivity contribution in [1.82, 2.24) is 19.9 Å². The van der Waals surface area contributed by atoms with E-state index in [9.17, 15) is 9.50 Å². The summed E-state index contributed by atoms with van der Waals surface area (Å²) in [6, 6.07) is 3.76. The molecule has 3 atom stereocenters. The Morgan fingerprint density at radius 1 is 1.16 bits per heavy atom. The van der Waals surface area contributed by atoms with E-state index in [1.54, 1.807) is 19.4 Å². The van der Waals surface area contributed by atoms with Gasteiger partial charge in [0.2, 0.25) is 5.95 Å². The first kappa shape index (κ1) is 25.9. The molecular weight excluding hydrogens is 493 g/mol. The number of methoxy groups -OCH3 is 1. The molecule has 3 aromatic rings. The Balaban J connectivity index is 1.40. The zero-order valence-corrected chi connectivity index (χ0v) is 22.3. The highest BCUT2D eigenvalue weighted by molar-refractivity contribution is 7.98. The first-order valence-electron chi connectivity index (χ1n) is 12.7. The number of nitrogens with one attached hydrogen (secondary N) is 1. The summed E-state index contributed by atoms with van der Waals surface area (Å²) >= 11 is 1.88. The second-order valence-corrected chi connectivity index (χ2v) is 10.8. The average molecular weight is 528 g/mol. The minimum Gasteiger partial charge on any atom is -0.396 e. The third kappa shape index (κ3) is 5.44. The second-order valence-electron chi connectivity index (χ2n) is 9.85. The molecule has 0 saturated carbocycles. The van der Waals surface area contributed by atoms with E-state index in [0.29, 0.717) is 36.5 Å². The SMILES string of the molecule is COC1CCN(c2nccc(Nc3cc4c(C(C)CO)cnc(N5CC(CSC)C5)c4cn3)n2)CC1F. The highest BCUT2D eigenvalue weighted by atomic mass is 32.2. The maximum Gasteiger partial charge on any atom is 0.227 e. The maximum absolute atomic E-state index is 14.4. The van der Waals surface area contributed by atoms with Crippen LogP contribution in [-0.4, -0.2) is 89.2 Å². The largest absolute Gasteiger partial charge is 0.396 e. The Hall–Kier alpha value is -2.76. The molecule has 2 fully saturated rings. The van der Waals surface area contributed by atoms with E-state index in [-0.39, 0.29) is 25.2 Å². The molecule has 0 spiro atoms. The molecule has 0 bridgehead atoms. The van der Waals surface area contributed by atoms with Crippen LogP contribution in [0.25, 0.3) is 10.8 Å². The quantitative estimate of drug-likeness (QED) is 0.429. The smallest absolute Gasteiger partial charge is 0.227 e. The number of pyridine rings is 2. The van der Waals surface area contributed by atoms with Crippen LogP contribution in [0.5, 0.6) is 0 Å². The summed E-state index contributed by atoms with van der Waals surface area (Å²) < 4.78 is 19.6. The number of thioether (sulfide) groups is 1. The van der Waals surface area contributed by atoms with Crippen molar-refractivity contribution in [3.63, 3.8) is 0 Å². The van der Waals surface area contributed by atoms with Crippen LogP contribution >= 0.6 is 11.8 Å². The van der Waals surface area contributed by atoms with Gasteiger partial charge in [0, 0.05) is 69.2 Å². The highest BCUT2D eigenvalue weighted by Crippen LogP contribution is 2.35. The van der Waals surface area contributed by atoms with Crippen LogP contribution in [0.15, 0.2) is 30.7 Å². The van der Waals surface area contributed by atoms with E-state index < -0.39 is 6.17 Å². The number of anilines is 4. The van der Waals surface area contributed by atoms with Gasteiger partial charge in [0.1, 0.15) is 23.6 Å². The minimum absolute atomic E-state index is 0.0331. The van der Waals surface area contributed by atoms with Gasteiger partial charge in [-0.15, -0.1) is 0 Å². The molecule has 0 amide bonds. The molecular formula is C26H34FN7O2S. The topological polar surface area (TPSA) is 99.5 Å². The number of fused-ring (bicyclic) bond motifs is 1. The van der Waals surface area contributed by atoms with Gasteiger partial charge in [-0.25, -0.2) is 19.3 Å². The van der Waals surface area contributed by atoms with E-state index >= 15 is 0 Å². The van der Waals surface area contributed by atoms with Crippen molar-refractivity contribution >= 4 is 45.9 Å². The summed E-state index contributed by atoms with van der Waals surface area (Å²) in [5.41, 5.74) is 0.978.